The van der Waals surface area contributed by atoms with Crippen molar-refractivity contribution in [2.24, 2.45) is 0 Å². The van der Waals surface area contributed by atoms with E-state index in [2.05, 4.69) is 4.98 Å². The van der Waals surface area contributed by atoms with Gasteiger partial charge in [0.1, 0.15) is 6.29 Å². The first-order valence-corrected chi connectivity index (χ1v) is 4.48. The Hall–Kier alpha value is -2.03. The Morgan fingerprint density at radius 2 is 1.93 bits per heavy atom. The zero-order chi connectivity index (χ0) is 10.7. The molecule has 0 amide bonds. The van der Waals surface area contributed by atoms with Crippen molar-refractivity contribution in [1.82, 2.24) is 4.98 Å². The highest BCUT2D eigenvalue weighted by molar-refractivity contribution is 5.78. The van der Waals surface area contributed by atoms with Crippen LogP contribution in [0.1, 0.15) is 10.4 Å². The van der Waals surface area contributed by atoms with Crippen molar-refractivity contribution in [2.45, 2.75) is 0 Å². The highest BCUT2D eigenvalue weighted by Gasteiger charge is 2.01. The number of halogens is 1. The monoisotopic (exact) mass is 201 g/mol. The van der Waals surface area contributed by atoms with Crippen molar-refractivity contribution < 1.29 is 9.18 Å². The van der Waals surface area contributed by atoms with Gasteiger partial charge in [-0.1, -0.05) is 24.3 Å². The molecular weight excluding hydrogens is 193 g/mol. The predicted octanol–water partition coefficient (Wildman–Crippen LogP) is 2.70. The normalized spacial score (nSPS) is 9.93. The Morgan fingerprint density at radius 3 is 2.67 bits per heavy atom. The van der Waals surface area contributed by atoms with E-state index in [1.165, 1.54) is 6.07 Å². The Labute approximate surface area is 86.4 Å². The van der Waals surface area contributed by atoms with Crippen LogP contribution in [-0.2, 0) is 0 Å². The second-order valence-electron chi connectivity index (χ2n) is 3.09. The van der Waals surface area contributed by atoms with Gasteiger partial charge < -0.3 is 0 Å². The highest BCUT2D eigenvalue weighted by Crippen LogP contribution is 2.17. The van der Waals surface area contributed by atoms with Crippen molar-refractivity contribution in [3.63, 3.8) is 0 Å². The Balaban J connectivity index is 2.49. The van der Waals surface area contributed by atoms with Gasteiger partial charge in [-0.2, -0.15) is 4.39 Å². The summed E-state index contributed by atoms with van der Waals surface area (Å²) in [6, 6.07) is 11.5. The number of aromatic nitrogens is 1. The summed E-state index contributed by atoms with van der Waals surface area (Å²) in [6.45, 7) is 0. The van der Waals surface area contributed by atoms with Crippen LogP contribution in [0, 0.1) is 5.95 Å². The van der Waals surface area contributed by atoms with Gasteiger partial charge in [-0.3, -0.25) is 4.79 Å². The highest BCUT2D eigenvalue weighted by atomic mass is 19.1. The molecule has 0 aliphatic heterocycles. The molecule has 2 aromatic rings. The lowest BCUT2D eigenvalue weighted by Gasteiger charge is -2.00. The van der Waals surface area contributed by atoms with Crippen molar-refractivity contribution in [3.8, 4) is 11.3 Å². The molecule has 15 heavy (non-hydrogen) atoms. The molecule has 3 heteroatoms. The average molecular weight is 201 g/mol. The lowest BCUT2D eigenvalue weighted by Crippen LogP contribution is -1.88. The molecule has 0 spiro atoms. The molecule has 0 saturated carbocycles. The van der Waals surface area contributed by atoms with Crippen LogP contribution in [0.25, 0.3) is 11.3 Å². The first kappa shape index (κ1) is 9.52. The summed E-state index contributed by atoms with van der Waals surface area (Å²) < 4.78 is 12.9. The maximum absolute atomic E-state index is 12.9. The average Bonchev–Trinajstić information content (AvgIpc) is 2.29. The van der Waals surface area contributed by atoms with Crippen molar-refractivity contribution >= 4 is 6.29 Å². The van der Waals surface area contributed by atoms with Gasteiger partial charge in [-0.05, 0) is 18.2 Å². The maximum Gasteiger partial charge on any atom is 0.213 e. The number of carbonyl (C=O) groups is 1. The van der Waals surface area contributed by atoms with Crippen molar-refractivity contribution in [3.05, 3.63) is 54.0 Å². The first-order chi connectivity index (χ1) is 7.29. The number of hydrogen-bond acceptors (Lipinski definition) is 2. The molecule has 1 aromatic carbocycles. The van der Waals surface area contributed by atoms with Crippen molar-refractivity contribution in [1.29, 1.82) is 0 Å². The molecule has 2 nitrogen and oxygen atoms in total. The molecule has 0 N–H and O–H groups in total. The van der Waals surface area contributed by atoms with Gasteiger partial charge in [0.05, 0.1) is 5.69 Å². The van der Waals surface area contributed by atoms with Gasteiger partial charge in [-0.15, -0.1) is 0 Å². The van der Waals surface area contributed by atoms with E-state index in [1.807, 2.05) is 0 Å². The molecule has 0 aliphatic carbocycles. The van der Waals surface area contributed by atoms with Crippen LogP contribution in [-0.4, -0.2) is 11.3 Å². The molecule has 1 aromatic heterocycles. The standard InChI is InChI=1S/C12H8FNO/c13-12-6-2-5-11(14-12)10-4-1-3-9(7-10)8-15/h1-8H. The SMILES string of the molecule is O=Cc1cccc(-c2cccc(F)n2)c1. The van der Waals surface area contributed by atoms with E-state index >= 15 is 0 Å². The van der Waals surface area contributed by atoms with Crippen LogP contribution < -0.4 is 0 Å². The minimum atomic E-state index is -0.524. The summed E-state index contributed by atoms with van der Waals surface area (Å²) in [5.74, 6) is -0.524. The van der Waals surface area contributed by atoms with Gasteiger partial charge in [0.25, 0.3) is 0 Å². The number of benzene rings is 1. The van der Waals surface area contributed by atoms with E-state index in [0.29, 0.717) is 11.3 Å². The molecule has 2 rings (SSSR count). The summed E-state index contributed by atoms with van der Waals surface area (Å²) in [4.78, 5) is 14.3. The minimum absolute atomic E-state index is 0.524. The van der Waals surface area contributed by atoms with Gasteiger partial charge in [0, 0.05) is 11.1 Å². The summed E-state index contributed by atoms with van der Waals surface area (Å²) in [5, 5.41) is 0. The quantitative estimate of drug-likeness (QED) is 0.552. The molecule has 0 bridgehead atoms. The van der Waals surface area contributed by atoms with E-state index in [0.717, 1.165) is 11.8 Å². The van der Waals surface area contributed by atoms with Gasteiger partial charge >= 0.3 is 0 Å². The summed E-state index contributed by atoms with van der Waals surface area (Å²) in [5.41, 5.74) is 1.82. The van der Waals surface area contributed by atoms with E-state index in [9.17, 15) is 9.18 Å². The topological polar surface area (TPSA) is 30.0 Å². The third-order valence-electron chi connectivity index (χ3n) is 2.03. The molecule has 0 radical (unpaired) electrons. The maximum atomic E-state index is 12.9. The number of aldehydes is 1. The summed E-state index contributed by atoms with van der Waals surface area (Å²) in [6.07, 6.45) is 0.753. The number of nitrogens with zero attached hydrogens (tertiary/aromatic N) is 1. The fourth-order valence-electron chi connectivity index (χ4n) is 1.34. The zero-order valence-corrected chi connectivity index (χ0v) is 7.85. The Bertz CT molecular complexity index is 496. The van der Waals surface area contributed by atoms with Crippen LogP contribution in [0.4, 0.5) is 4.39 Å². The molecule has 0 atom stereocenters. The third-order valence-corrected chi connectivity index (χ3v) is 2.03. The van der Waals surface area contributed by atoms with Gasteiger partial charge in [0.15, 0.2) is 0 Å². The van der Waals surface area contributed by atoms with Crippen molar-refractivity contribution in [2.75, 3.05) is 0 Å². The number of carbonyl (C=O) groups excluding carboxylic acids is 1. The van der Waals surface area contributed by atoms with Crippen LogP contribution in [0.15, 0.2) is 42.5 Å². The van der Waals surface area contributed by atoms with Crippen LogP contribution in [0.5, 0.6) is 0 Å². The lowest BCUT2D eigenvalue weighted by molar-refractivity contribution is 0.112. The largest absolute Gasteiger partial charge is 0.298 e. The number of pyridine rings is 1. The molecule has 74 valence electrons. The fraction of sp³-hybridized carbons (Fsp3) is 0. The lowest BCUT2D eigenvalue weighted by atomic mass is 10.1. The van der Waals surface area contributed by atoms with Crippen LogP contribution in [0.2, 0.25) is 0 Å². The second kappa shape index (κ2) is 4.00. The van der Waals surface area contributed by atoms with Gasteiger partial charge in [0.2, 0.25) is 5.95 Å². The molecule has 1 heterocycles. The summed E-state index contributed by atoms with van der Waals surface area (Å²) >= 11 is 0. The minimum Gasteiger partial charge on any atom is -0.298 e. The molecule has 0 aliphatic rings. The Morgan fingerprint density at radius 1 is 1.13 bits per heavy atom. The zero-order valence-electron chi connectivity index (χ0n) is 7.85. The number of hydrogen-bond donors (Lipinski definition) is 0. The van der Waals surface area contributed by atoms with E-state index in [4.69, 9.17) is 0 Å². The number of rotatable bonds is 2. The smallest absolute Gasteiger partial charge is 0.213 e. The predicted molar refractivity (Wildman–Crippen MR) is 55.0 cm³/mol. The fourth-order valence-corrected chi connectivity index (χ4v) is 1.34. The second-order valence-corrected chi connectivity index (χ2v) is 3.09. The molecule has 0 fully saturated rings. The summed E-state index contributed by atoms with van der Waals surface area (Å²) in [7, 11) is 0. The first-order valence-electron chi connectivity index (χ1n) is 4.48. The van der Waals surface area contributed by atoms with Gasteiger partial charge in [-0.25, -0.2) is 4.98 Å². The van der Waals surface area contributed by atoms with E-state index in [-0.39, 0.29) is 0 Å². The molecular formula is C12H8FNO. The Kier molecular flexibility index (Phi) is 2.54. The van der Waals surface area contributed by atoms with Crippen LogP contribution in [0.3, 0.4) is 0 Å². The third kappa shape index (κ3) is 2.07. The van der Waals surface area contributed by atoms with Crippen LogP contribution >= 0.6 is 0 Å². The van der Waals surface area contributed by atoms with E-state index in [1.54, 1.807) is 36.4 Å². The molecule has 0 saturated heterocycles. The van der Waals surface area contributed by atoms with E-state index < -0.39 is 5.95 Å². The molecule has 0 unspecified atom stereocenters.